The van der Waals surface area contributed by atoms with Crippen molar-refractivity contribution in [2.45, 2.75) is 19.8 Å². The highest BCUT2D eigenvalue weighted by Crippen LogP contribution is 2.07. The van der Waals surface area contributed by atoms with Crippen LogP contribution >= 0.6 is 0 Å². The van der Waals surface area contributed by atoms with Crippen LogP contribution in [0.2, 0.25) is 0 Å². The fourth-order valence-corrected chi connectivity index (χ4v) is 1.35. The minimum absolute atomic E-state index is 0.228. The number of H-pyrrole nitrogens is 1. The van der Waals surface area contributed by atoms with Gasteiger partial charge in [-0.2, -0.15) is 13.5 Å². The smallest absolute Gasteiger partial charge is 0.280 e. The van der Waals surface area contributed by atoms with E-state index < -0.39 is 10.2 Å². The van der Waals surface area contributed by atoms with Crippen molar-refractivity contribution in [2.24, 2.45) is 5.14 Å². The molecule has 0 aliphatic heterocycles. The lowest BCUT2D eigenvalue weighted by Gasteiger charge is -1.95. The molecule has 0 aliphatic rings. The van der Waals surface area contributed by atoms with E-state index in [-0.39, 0.29) is 5.82 Å². The van der Waals surface area contributed by atoms with Gasteiger partial charge in [0.15, 0.2) is 5.82 Å². The zero-order valence-electron chi connectivity index (χ0n) is 7.24. The van der Waals surface area contributed by atoms with Crippen LogP contribution in [-0.2, 0) is 16.6 Å². The summed E-state index contributed by atoms with van der Waals surface area (Å²) in [4.78, 5) is 0. The van der Waals surface area contributed by atoms with Gasteiger partial charge >= 0.3 is 0 Å². The molecule has 0 bridgehead atoms. The molecule has 1 rings (SSSR count). The van der Waals surface area contributed by atoms with E-state index in [9.17, 15) is 8.42 Å². The number of rotatable bonds is 4. The maximum absolute atomic E-state index is 10.6. The fraction of sp³-hybridized carbons (Fsp3) is 0.500. The number of anilines is 1. The first-order valence-corrected chi connectivity index (χ1v) is 5.40. The maximum Gasteiger partial charge on any atom is 0.297 e. The Balaban J connectivity index is 2.69. The molecule has 0 unspecified atom stereocenters. The van der Waals surface area contributed by atoms with Crippen LogP contribution in [0.4, 0.5) is 5.82 Å². The fourth-order valence-electron chi connectivity index (χ4n) is 0.957. The van der Waals surface area contributed by atoms with Crippen LogP contribution in [-0.4, -0.2) is 18.6 Å². The van der Waals surface area contributed by atoms with Gasteiger partial charge in [0.05, 0.1) is 0 Å². The summed E-state index contributed by atoms with van der Waals surface area (Å²) in [5, 5.41) is 11.2. The number of hydrogen-bond donors (Lipinski definition) is 3. The van der Waals surface area contributed by atoms with Gasteiger partial charge in [-0.1, -0.05) is 13.3 Å². The van der Waals surface area contributed by atoms with Crippen molar-refractivity contribution >= 4 is 16.0 Å². The topological polar surface area (TPSA) is 101 Å². The average molecular weight is 204 g/mol. The lowest BCUT2D eigenvalue weighted by atomic mass is 10.2. The number of aromatic amines is 1. The molecule has 4 N–H and O–H groups in total. The van der Waals surface area contributed by atoms with E-state index in [0.717, 1.165) is 18.5 Å². The van der Waals surface area contributed by atoms with E-state index in [0.29, 0.717) is 0 Å². The zero-order chi connectivity index (χ0) is 9.90. The molecule has 0 atom stereocenters. The third-order valence-electron chi connectivity index (χ3n) is 1.40. The van der Waals surface area contributed by atoms with Gasteiger partial charge in [0.25, 0.3) is 10.2 Å². The van der Waals surface area contributed by atoms with Gasteiger partial charge < -0.3 is 0 Å². The Morgan fingerprint density at radius 3 is 2.92 bits per heavy atom. The molecular formula is C6H12N4O2S. The summed E-state index contributed by atoms with van der Waals surface area (Å²) in [6, 6.07) is 1.62. The Morgan fingerprint density at radius 2 is 2.38 bits per heavy atom. The standard InChI is InChI=1S/C6H12N4O2S/c1-2-3-5-4-6(9-8-5)10-13(7,11)12/h4H,2-3H2,1H3,(H2,7,11,12)(H2,8,9,10). The molecule has 0 saturated carbocycles. The van der Waals surface area contributed by atoms with Gasteiger partial charge in [0, 0.05) is 11.8 Å². The third kappa shape index (κ3) is 3.43. The second-order valence-electron chi connectivity index (χ2n) is 2.68. The van der Waals surface area contributed by atoms with E-state index in [1.807, 2.05) is 6.92 Å². The summed E-state index contributed by atoms with van der Waals surface area (Å²) in [6.07, 6.45) is 1.80. The van der Waals surface area contributed by atoms with E-state index in [2.05, 4.69) is 14.9 Å². The van der Waals surface area contributed by atoms with E-state index in [4.69, 9.17) is 5.14 Å². The number of hydrogen-bond acceptors (Lipinski definition) is 3. The van der Waals surface area contributed by atoms with Crippen LogP contribution in [0.5, 0.6) is 0 Å². The van der Waals surface area contributed by atoms with Crippen molar-refractivity contribution in [1.29, 1.82) is 0 Å². The van der Waals surface area contributed by atoms with Crippen molar-refractivity contribution in [3.05, 3.63) is 11.8 Å². The molecule has 7 heteroatoms. The SMILES string of the molecule is CCCc1cc(NS(N)(=O)=O)n[nH]1. The number of aromatic nitrogens is 2. The molecule has 0 fully saturated rings. The van der Waals surface area contributed by atoms with Crippen LogP contribution in [0.1, 0.15) is 19.0 Å². The summed E-state index contributed by atoms with van der Waals surface area (Å²) in [5.74, 6) is 0.228. The predicted octanol–water partition coefficient (Wildman–Crippen LogP) is -0.0224. The molecule has 0 spiro atoms. The molecule has 0 aliphatic carbocycles. The molecule has 74 valence electrons. The number of nitrogens with one attached hydrogen (secondary N) is 2. The van der Waals surface area contributed by atoms with Crippen molar-refractivity contribution in [1.82, 2.24) is 10.2 Å². The van der Waals surface area contributed by atoms with E-state index >= 15 is 0 Å². The van der Waals surface area contributed by atoms with Crippen LogP contribution in [0, 0.1) is 0 Å². The first-order valence-electron chi connectivity index (χ1n) is 3.86. The van der Waals surface area contributed by atoms with Crippen molar-refractivity contribution in [2.75, 3.05) is 4.72 Å². The first kappa shape index (κ1) is 10.0. The molecule has 13 heavy (non-hydrogen) atoms. The maximum atomic E-state index is 10.6. The Bertz CT molecular complexity index is 370. The normalized spacial score (nSPS) is 11.5. The van der Waals surface area contributed by atoms with Gasteiger partial charge in [-0.3, -0.25) is 9.82 Å². The molecule has 6 nitrogen and oxygen atoms in total. The highest BCUT2D eigenvalue weighted by Gasteiger charge is 2.05. The molecular weight excluding hydrogens is 192 g/mol. The molecule has 1 heterocycles. The lowest BCUT2D eigenvalue weighted by Crippen LogP contribution is -2.21. The largest absolute Gasteiger partial charge is 0.297 e. The summed E-state index contributed by atoms with van der Waals surface area (Å²) in [7, 11) is -3.71. The van der Waals surface area contributed by atoms with Gasteiger partial charge in [0.1, 0.15) is 0 Å². The van der Waals surface area contributed by atoms with Crippen LogP contribution in [0.25, 0.3) is 0 Å². The van der Waals surface area contributed by atoms with Crippen LogP contribution in [0.3, 0.4) is 0 Å². The summed E-state index contributed by atoms with van der Waals surface area (Å²) >= 11 is 0. The predicted molar refractivity (Wildman–Crippen MR) is 49.3 cm³/mol. The monoisotopic (exact) mass is 204 g/mol. The molecule has 0 radical (unpaired) electrons. The van der Waals surface area contributed by atoms with Crippen LogP contribution in [0.15, 0.2) is 6.07 Å². The van der Waals surface area contributed by atoms with Crippen molar-refractivity contribution in [3.63, 3.8) is 0 Å². The quantitative estimate of drug-likeness (QED) is 0.642. The highest BCUT2D eigenvalue weighted by atomic mass is 32.2. The van der Waals surface area contributed by atoms with Gasteiger partial charge in [-0.25, -0.2) is 5.14 Å². The second-order valence-corrected chi connectivity index (χ2v) is 3.97. The highest BCUT2D eigenvalue weighted by molar-refractivity contribution is 7.90. The average Bonchev–Trinajstić information content (AvgIpc) is 2.33. The Labute approximate surface area is 76.7 Å². The minimum Gasteiger partial charge on any atom is -0.280 e. The number of nitrogens with zero attached hydrogens (tertiary/aromatic N) is 1. The third-order valence-corrected chi connectivity index (χ3v) is 1.89. The Kier molecular flexibility index (Phi) is 2.89. The minimum atomic E-state index is -3.71. The van der Waals surface area contributed by atoms with Crippen molar-refractivity contribution < 1.29 is 8.42 Å². The molecule has 1 aromatic heterocycles. The first-order chi connectivity index (χ1) is 6.01. The zero-order valence-corrected chi connectivity index (χ0v) is 8.06. The van der Waals surface area contributed by atoms with Gasteiger partial charge in [0.2, 0.25) is 0 Å². The molecule has 0 saturated heterocycles. The summed E-state index contributed by atoms with van der Waals surface area (Å²) in [5.41, 5.74) is 0.883. The van der Waals surface area contributed by atoms with E-state index in [1.54, 1.807) is 6.07 Å². The molecule has 1 aromatic rings. The lowest BCUT2D eigenvalue weighted by molar-refractivity contribution is 0.602. The van der Waals surface area contributed by atoms with Gasteiger partial charge in [-0.15, -0.1) is 0 Å². The summed E-state index contributed by atoms with van der Waals surface area (Å²) < 4.78 is 23.2. The summed E-state index contributed by atoms with van der Waals surface area (Å²) in [6.45, 7) is 2.02. The van der Waals surface area contributed by atoms with Gasteiger partial charge in [-0.05, 0) is 6.42 Å². The second kappa shape index (κ2) is 3.75. The van der Waals surface area contributed by atoms with Crippen molar-refractivity contribution in [3.8, 4) is 0 Å². The Hall–Kier alpha value is -1.08. The molecule has 0 aromatic carbocycles. The Morgan fingerprint density at radius 1 is 1.69 bits per heavy atom. The van der Waals surface area contributed by atoms with Crippen LogP contribution < -0.4 is 9.86 Å². The molecule has 0 amide bonds. The number of aryl methyl sites for hydroxylation is 1. The van der Waals surface area contributed by atoms with E-state index in [1.165, 1.54) is 0 Å². The number of nitrogens with two attached hydrogens (primary N) is 1.